The van der Waals surface area contributed by atoms with Crippen LogP contribution in [0.3, 0.4) is 0 Å². The minimum absolute atomic E-state index is 0.136. The summed E-state index contributed by atoms with van der Waals surface area (Å²) in [6.45, 7) is 3.58. The molecule has 1 aliphatic heterocycles. The van der Waals surface area contributed by atoms with Gasteiger partial charge in [-0.1, -0.05) is 53.0 Å². The van der Waals surface area contributed by atoms with Crippen molar-refractivity contribution in [3.8, 4) is 5.75 Å². The van der Waals surface area contributed by atoms with Gasteiger partial charge in [0.1, 0.15) is 11.3 Å². The molecule has 0 aromatic heterocycles. The minimum Gasteiger partial charge on any atom is -0.482 e. The van der Waals surface area contributed by atoms with E-state index in [9.17, 15) is 19.2 Å². The number of ether oxygens (including phenoxy) is 1. The highest BCUT2D eigenvalue weighted by Gasteiger charge is 2.37. The first-order valence-electron chi connectivity index (χ1n) is 11.2. The number of anilines is 2. The highest BCUT2D eigenvalue weighted by molar-refractivity contribution is 6.43. The molecule has 0 aliphatic carbocycles. The number of urea groups is 1. The lowest BCUT2D eigenvalue weighted by molar-refractivity contribution is -0.122. The zero-order chi connectivity index (χ0) is 27.6. The topological polar surface area (TPSA) is 105 Å². The lowest BCUT2D eigenvalue weighted by Crippen LogP contribution is -2.54. The van der Waals surface area contributed by atoms with E-state index in [0.29, 0.717) is 11.3 Å². The van der Waals surface area contributed by atoms with Crippen LogP contribution in [0.5, 0.6) is 5.75 Å². The monoisotopic (exact) mass is 571 g/mol. The standard InChI is InChI=1S/C27H20Cl3N3O5/c1-14-4-3-5-22(15(14)2)31-24(34)13-38-23-9-6-16(11-21(23)30)10-18-25(35)32-27(37)33(26(18)36)17-7-8-19(28)20(29)12-17/h3-12H,13H2,1-2H3,(H,31,34)(H,32,35,37)/b18-10-. The maximum Gasteiger partial charge on any atom is 0.335 e. The van der Waals surface area contributed by atoms with Crippen molar-refractivity contribution in [2.24, 2.45) is 0 Å². The van der Waals surface area contributed by atoms with Crippen LogP contribution in [0.15, 0.2) is 60.2 Å². The van der Waals surface area contributed by atoms with Crippen molar-refractivity contribution in [3.63, 3.8) is 0 Å². The van der Waals surface area contributed by atoms with Gasteiger partial charge in [0.2, 0.25) is 0 Å². The molecule has 0 spiro atoms. The van der Waals surface area contributed by atoms with Crippen molar-refractivity contribution in [1.82, 2.24) is 5.32 Å². The Morgan fingerprint density at radius 1 is 0.974 bits per heavy atom. The van der Waals surface area contributed by atoms with Gasteiger partial charge in [0.25, 0.3) is 17.7 Å². The van der Waals surface area contributed by atoms with Gasteiger partial charge in [-0.15, -0.1) is 0 Å². The van der Waals surface area contributed by atoms with E-state index in [1.807, 2.05) is 26.0 Å². The van der Waals surface area contributed by atoms with Crippen molar-refractivity contribution < 1.29 is 23.9 Å². The number of hydrogen-bond acceptors (Lipinski definition) is 5. The SMILES string of the molecule is Cc1cccc(NC(=O)COc2ccc(/C=C3/C(=O)NC(=O)N(c4ccc(Cl)c(Cl)c4)C3=O)cc2Cl)c1C. The summed E-state index contributed by atoms with van der Waals surface area (Å²) >= 11 is 18.3. The van der Waals surface area contributed by atoms with Gasteiger partial charge < -0.3 is 10.1 Å². The summed E-state index contributed by atoms with van der Waals surface area (Å²) in [6.07, 6.45) is 1.29. The Balaban J connectivity index is 1.49. The summed E-state index contributed by atoms with van der Waals surface area (Å²) in [5.74, 6) is -1.85. The first-order valence-corrected chi connectivity index (χ1v) is 12.3. The first-order chi connectivity index (χ1) is 18.0. The number of carbonyl (C=O) groups is 4. The number of aryl methyl sites for hydroxylation is 1. The van der Waals surface area contributed by atoms with E-state index in [2.05, 4.69) is 10.6 Å². The van der Waals surface area contributed by atoms with Gasteiger partial charge in [0.05, 0.1) is 20.8 Å². The number of nitrogens with one attached hydrogen (secondary N) is 2. The molecule has 1 heterocycles. The summed E-state index contributed by atoms with van der Waals surface area (Å²) < 4.78 is 5.55. The number of halogens is 3. The number of benzene rings is 3. The molecule has 1 fully saturated rings. The van der Waals surface area contributed by atoms with E-state index in [1.54, 1.807) is 12.1 Å². The van der Waals surface area contributed by atoms with E-state index < -0.39 is 17.8 Å². The number of amides is 5. The van der Waals surface area contributed by atoms with E-state index >= 15 is 0 Å². The molecule has 194 valence electrons. The van der Waals surface area contributed by atoms with Crippen molar-refractivity contribution in [2.75, 3.05) is 16.8 Å². The Morgan fingerprint density at radius 3 is 2.45 bits per heavy atom. The minimum atomic E-state index is -0.920. The highest BCUT2D eigenvalue weighted by Crippen LogP contribution is 2.31. The Hall–Kier alpha value is -3.85. The second-order valence-electron chi connectivity index (χ2n) is 8.33. The summed E-state index contributed by atoms with van der Waals surface area (Å²) in [6, 6.07) is 13.4. The molecule has 5 amide bonds. The van der Waals surface area contributed by atoms with E-state index in [1.165, 1.54) is 36.4 Å². The van der Waals surface area contributed by atoms with E-state index in [-0.39, 0.29) is 44.6 Å². The third-order valence-corrected chi connectivity index (χ3v) is 6.80. The summed E-state index contributed by atoms with van der Waals surface area (Å²) in [4.78, 5) is 51.0. The quantitative estimate of drug-likeness (QED) is 0.281. The van der Waals surface area contributed by atoms with Crippen LogP contribution in [0, 0.1) is 13.8 Å². The Bertz CT molecular complexity index is 1520. The number of nitrogens with zero attached hydrogens (tertiary/aromatic N) is 1. The molecule has 4 rings (SSSR count). The third-order valence-electron chi connectivity index (χ3n) is 5.77. The fourth-order valence-corrected chi connectivity index (χ4v) is 4.16. The third kappa shape index (κ3) is 5.83. The largest absolute Gasteiger partial charge is 0.482 e. The maximum atomic E-state index is 13.1. The predicted molar refractivity (Wildman–Crippen MR) is 147 cm³/mol. The number of barbiturate groups is 1. The molecule has 0 radical (unpaired) electrons. The zero-order valence-corrected chi connectivity index (χ0v) is 22.4. The molecule has 2 N–H and O–H groups in total. The van der Waals surface area contributed by atoms with Crippen LogP contribution in [0.2, 0.25) is 15.1 Å². The average Bonchev–Trinajstić information content (AvgIpc) is 2.86. The predicted octanol–water partition coefficient (Wildman–Crippen LogP) is 5.95. The van der Waals surface area contributed by atoms with Gasteiger partial charge in [0.15, 0.2) is 6.61 Å². The molecule has 0 unspecified atom stereocenters. The lowest BCUT2D eigenvalue weighted by atomic mass is 10.1. The number of hydrogen-bond donors (Lipinski definition) is 2. The van der Waals surface area contributed by atoms with Crippen molar-refractivity contribution in [1.29, 1.82) is 0 Å². The fourth-order valence-electron chi connectivity index (χ4n) is 3.62. The van der Waals surface area contributed by atoms with Crippen LogP contribution in [-0.2, 0) is 14.4 Å². The van der Waals surface area contributed by atoms with Gasteiger partial charge in [-0.2, -0.15) is 0 Å². The molecule has 3 aromatic carbocycles. The summed E-state index contributed by atoms with van der Waals surface area (Å²) in [7, 11) is 0. The molecule has 8 nitrogen and oxygen atoms in total. The van der Waals surface area contributed by atoms with Crippen LogP contribution in [-0.4, -0.2) is 30.4 Å². The van der Waals surface area contributed by atoms with E-state index in [4.69, 9.17) is 39.5 Å². The molecule has 0 saturated carbocycles. The van der Waals surface area contributed by atoms with Crippen molar-refractivity contribution >= 4 is 76.0 Å². The van der Waals surface area contributed by atoms with Gasteiger partial charge >= 0.3 is 6.03 Å². The molecule has 11 heteroatoms. The van der Waals surface area contributed by atoms with Crippen LogP contribution in [0.4, 0.5) is 16.2 Å². The molecule has 38 heavy (non-hydrogen) atoms. The average molecular weight is 573 g/mol. The maximum absolute atomic E-state index is 13.1. The van der Waals surface area contributed by atoms with Crippen molar-refractivity contribution in [2.45, 2.75) is 13.8 Å². The number of carbonyl (C=O) groups excluding carboxylic acids is 4. The lowest BCUT2D eigenvalue weighted by Gasteiger charge is -2.26. The Labute approximate surface area is 233 Å². The van der Waals surface area contributed by atoms with Crippen LogP contribution < -0.4 is 20.3 Å². The molecule has 0 atom stereocenters. The smallest absolute Gasteiger partial charge is 0.335 e. The van der Waals surface area contributed by atoms with Gasteiger partial charge in [-0.3, -0.25) is 19.7 Å². The molecule has 1 aliphatic rings. The summed E-state index contributed by atoms with van der Waals surface area (Å²) in [5, 5.41) is 5.46. The van der Waals surface area contributed by atoms with Crippen LogP contribution in [0.25, 0.3) is 6.08 Å². The molecule has 3 aromatic rings. The first kappa shape index (κ1) is 27.2. The molecular formula is C27H20Cl3N3O5. The van der Waals surface area contributed by atoms with E-state index in [0.717, 1.165) is 16.0 Å². The number of imide groups is 2. The van der Waals surface area contributed by atoms with Gasteiger partial charge in [0, 0.05) is 5.69 Å². The normalized spacial score (nSPS) is 14.5. The zero-order valence-electron chi connectivity index (χ0n) is 20.1. The second-order valence-corrected chi connectivity index (χ2v) is 9.55. The van der Waals surface area contributed by atoms with Crippen LogP contribution >= 0.6 is 34.8 Å². The van der Waals surface area contributed by atoms with Crippen molar-refractivity contribution in [3.05, 3.63) is 91.9 Å². The van der Waals surface area contributed by atoms with Gasteiger partial charge in [-0.05, 0) is 73.0 Å². The Morgan fingerprint density at radius 2 is 1.74 bits per heavy atom. The Kier molecular flexibility index (Phi) is 8.06. The number of rotatable bonds is 6. The van der Waals surface area contributed by atoms with Crippen LogP contribution in [0.1, 0.15) is 16.7 Å². The molecular weight excluding hydrogens is 553 g/mol. The molecule has 1 saturated heterocycles. The van der Waals surface area contributed by atoms with Gasteiger partial charge in [-0.25, -0.2) is 9.69 Å². The second kappa shape index (κ2) is 11.3. The highest BCUT2D eigenvalue weighted by atomic mass is 35.5. The molecule has 0 bridgehead atoms. The summed E-state index contributed by atoms with van der Waals surface area (Å²) in [5.41, 5.74) is 2.93. The fraction of sp³-hybridized carbons (Fsp3) is 0.111.